The molecule has 5 nitrogen and oxygen atoms in total. The molecule has 0 atom stereocenters. The molecule has 110 valence electrons. The van der Waals surface area contributed by atoms with E-state index in [-0.39, 0.29) is 11.3 Å². The number of hydrogen-bond donors (Lipinski definition) is 3. The summed E-state index contributed by atoms with van der Waals surface area (Å²) in [5.41, 5.74) is 0.417. The summed E-state index contributed by atoms with van der Waals surface area (Å²) in [6, 6.07) is 4.86. The van der Waals surface area contributed by atoms with E-state index in [9.17, 15) is 14.0 Å². The first-order valence-corrected chi connectivity index (χ1v) is 6.96. The molecular weight excluding hydrogens is 295 g/mol. The normalized spacial score (nSPS) is 10.2. The zero-order valence-electron chi connectivity index (χ0n) is 11.1. The number of amides is 2. The van der Waals surface area contributed by atoms with Gasteiger partial charge in [-0.1, -0.05) is 6.07 Å². The molecule has 3 N–H and O–H groups in total. The highest BCUT2D eigenvalue weighted by atomic mass is 32.1. The summed E-state index contributed by atoms with van der Waals surface area (Å²) in [5, 5.41) is 15.7. The number of carboxylic acid groups (broad SMARTS) is 1. The number of para-hydroxylation sites is 1. The number of thiophene rings is 1. The Labute approximate surface area is 124 Å². The van der Waals surface area contributed by atoms with Crippen molar-refractivity contribution in [2.75, 3.05) is 5.32 Å². The van der Waals surface area contributed by atoms with Crippen LogP contribution in [0.5, 0.6) is 0 Å². The molecule has 0 saturated heterocycles. The summed E-state index contributed by atoms with van der Waals surface area (Å²) in [7, 11) is 0. The van der Waals surface area contributed by atoms with E-state index in [1.165, 1.54) is 23.5 Å². The molecule has 1 aromatic carbocycles. The van der Waals surface area contributed by atoms with Crippen molar-refractivity contribution >= 4 is 29.0 Å². The largest absolute Gasteiger partial charge is 0.478 e. The van der Waals surface area contributed by atoms with E-state index in [1.54, 1.807) is 0 Å². The van der Waals surface area contributed by atoms with Crippen LogP contribution >= 0.6 is 11.3 Å². The first-order chi connectivity index (χ1) is 9.99. The highest BCUT2D eigenvalue weighted by Gasteiger charge is 2.16. The van der Waals surface area contributed by atoms with E-state index < -0.39 is 17.8 Å². The van der Waals surface area contributed by atoms with Crippen molar-refractivity contribution in [2.45, 2.75) is 13.5 Å². The minimum absolute atomic E-state index is 0.294. The van der Waals surface area contributed by atoms with Crippen LogP contribution in [0, 0.1) is 12.7 Å². The SMILES string of the molecule is Cc1ccsc1CNC(=O)Nc1c(F)cccc1C(=O)O. The van der Waals surface area contributed by atoms with Crippen LogP contribution in [0.4, 0.5) is 14.9 Å². The molecule has 21 heavy (non-hydrogen) atoms. The molecule has 2 aromatic rings. The lowest BCUT2D eigenvalue weighted by molar-refractivity contribution is 0.0697. The van der Waals surface area contributed by atoms with Crippen LogP contribution in [-0.4, -0.2) is 17.1 Å². The predicted octanol–water partition coefficient (Wildman–Crippen LogP) is 3.22. The van der Waals surface area contributed by atoms with Crippen LogP contribution in [0.15, 0.2) is 29.6 Å². The Morgan fingerprint density at radius 3 is 2.71 bits per heavy atom. The average molecular weight is 308 g/mol. The minimum atomic E-state index is -1.31. The van der Waals surface area contributed by atoms with Gasteiger partial charge in [0.25, 0.3) is 0 Å². The summed E-state index contributed by atoms with van der Waals surface area (Å²) in [5.74, 6) is -2.10. The Hall–Kier alpha value is -2.41. The van der Waals surface area contributed by atoms with Crippen molar-refractivity contribution in [3.05, 3.63) is 51.5 Å². The van der Waals surface area contributed by atoms with E-state index in [1.807, 2.05) is 18.4 Å². The van der Waals surface area contributed by atoms with Crippen molar-refractivity contribution in [1.29, 1.82) is 0 Å². The van der Waals surface area contributed by atoms with Gasteiger partial charge in [0, 0.05) is 4.88 Å². The number of halogens is 1. The molecule has 0 aliphatic carbocycles. The number of aromatic carboxylic acids is 1. The fraction of sp³-hybridized carbons (Fsp3) is 0.143. The quantitative estimate of drug-likeness (QED) is 0.811. The smallest absolute Gasteiger partial charge is 0.337 e. The third-order valence-corrected chi connectivity index (χ3v) is 3.88. The van der Waals surface area contributed by atoms with Gasteiger partial charge in [0.1, 0.15) is 5.82 Å². The molecule has 1 aromatic heterocycles. The number of aryl methyl sites for hydroxylation is 1. The maximum atomic E-state index is 13.6. The van der Waals surface area contributed by atoms with Gasteiger partial charge in [-0.2, -0.15) is 0 Å². The molecule has 0 bridgehead atoms. The molecule has 0 aliphatic heterocycles. The lowest BCUT2D eigenvalue weighted by Crippen LogP contribution is -2.29. The van der Waals surface area contributed by atoms with Gasteiger partial charge in [0.05, 0.1) is 17.8 Å². The van der Waals surface area contributed by atoms with Crippen LogP contribution in [-0.2, 0) is 6.54 Å². The second-order valence-electron chi connectivity index (χ2n) is 4.30. The molecule has 0 saturated carbocycles. The van der Waals surface area contributed by atoms with E-state index in [4.69, 9.17) is 5.11 Å². The molecule has 1 heterocycles. The number of benzene rings is 1. The molecule has 7 heteroatoms. The maximum Gasteiger partial charge on any atom is 0.337 e. The van der Waals surface area contributed by atoms with Crippen LogP contribution < -0.4 is 10.6 Å². The number of urea groups is 1. The van der Waals surface area contributed by atoms with E-state index in [0.29, 0.717) is 6.54 Å². The fourth-order valence-electron chi connectivity index (χ4n) is 1.73. The molecule has 0 unspecified atom stereocenters. The van der Waals surface area contributed by atoms with Crippen LogP contribution in [0.25, 0.3) is 0 Å². The van der Waals surface area contributed by atoms with Crippen molar-refractivity contribution in [3.63, 3.8) is 0 Å². The monoisotopic (exact) mass is 308 g/mol. The van der Waals surface area contributed by atoms with E-state index >= 15 is 0 Å². The maximum absolute atomic E-state index is 13.6. The number of hydrogen-bond acceptors (Lipinski definition) is 3. The Bertz CT molecular complexity index is 685. The van der Waals surface area contributed by atoms with Crippen molar-refractivity contribution < 1.29 is 19.1 Å². The number of nitrogens with one attached hydrogen (secondary N) is 2. The number of anilines is 1. The average Bonchev–Trinajstić information content (AvgIpc) is 2.84. The predicted molar refractivity (Wildman–Crippen MR) is 78.3 cm³/mol. The Morgan fingerprint density at radius 1 is 1.33 bits per heavy atom. The summed E-state index contributed by atoms with van der Waals surface area (Å²) >= 11 is 1.50. The second kappa shape index (κ2) is 6.36. The van der Waals surface area contributed by atoms with Gasteiger partial charge >= 0.3 is 12.0 Å². The molecule has 0 fully saturated rings. The zero-order valence-corrected chi connectivity index (χ0v) is 12.0. The van der Waals surface area contributed by atoms with Crippen LogP contribution in [0.1, 0.15) is 20.8 Å². The number of carbonyl (C=O) groups is 2. The van der Waals surface area contributed by atoms with Crippen LogP contribution in [0.3, 0.4) is 0 Å². The molecule has 2 rings (SSSR count). The molecule has 0 radical (unpaired) electrons. The molecule has 2 amide bonds. The van der Waals surface area contributed by atoms with Crippen molar-refractivity contribution in [3.8, 4) is 0 Å². The Morgan fingerprint density at radius 2 is 2.10 bits per heavy atom. The summed E-state index contributed by atoms with van der Waals surface area (Å²) in [4.78, 5) is 23.8. The van der Waals surface area contributed by atoms with Gasteiger partial charge < -0.3 is 15.7 Å². The van der Waals surface area contributed by atoms with Gasteiger partial charge in [-0.05, 0) is 36.1 Å². The van der Waals surface area contributed by atoms with Gasteiger partial charge in [-0.3, -0.25) is 0 Å². The summed E-state index contributed by atoms with van der Waals surface area (Å²) in [6.07, 6.45) is 0. The summed E-state index contributed by atoms with van der Waals surface area (Å²) in [6.45, 7) is 2.22. The second-order valence-corrected chi connectivity index (χ2v) is 5.30. The third-order valence-electron chi connectivity index (χ3n) is 2.86. The Balaban J connectivity index is 2.06. The molecule has 0 spiro atoms. The van der Waals surface area contributed by atoms with Crippen LogP contribution in [0.2, 0.25) is 0 Å². The van der Waals surface area contributed by atoms with E-state index in [0.717, 1.165) is 16.5 Å². The standard InChI is InChI=1S/C14H13FN2O3S/c1-8-5-6-21-11(8)7-16-14(20)17-12-9(13(18)19)3-2-4-10(12)15/h2-6H,7H2,1H3,(H,18,19)(H2,16,17,20). The number of carboxylic acids is 1. The third kappa shape index (κ3) is 3.57. The first kappa shape index (κ1) is 15.0. The summed E-state index contributed by atoms with van der Waals surface area (Å²) < 4.78 is 13.6. The highest BCUT2D eigenvalue weighted by Crippen LogP contribution is 2.20. The highest BCUT2D eigenvalue weighted by molar-refractivity contribution is 7.10. The van der Waals surface area contributed by atoms with Crippen molar-refractivity contribution in [1.82, 2.24) is 5.32 Å². The fourth-order valence-corrected chi connectivity index (χ4v) is 2.58. The molecule has 0 aliphatic rings. The Kier molecular flexibility index (Phi) is 4.54. The minimum Gasteiger partial charge on any atom is -0.478 e. The first-order valence-electron chi connectivity index (χ1n) is 6.08. The molecular formula is C14H13FN2O3S. The topological polar surface area (TPSA) is 78.4 Å². The van der Waals surface area contributed by atoms with Gasteiger partial charge in [0.15, 0.2) is 0 Å². The van der Waals surface area contributed by atoms with Crippen molar-refractivity contribution in [2.24, 2.45) is 0 Å². The lowest BCUT2D eigenvalue weighted by Gasteiger charge is -2.10. The van der Waals surface area contributed by atoms with Gasteiger partial charge in [-0.15, -0.1) is 11.3 Å². The number of rotatable bonds is 4. The lowest BCUT2D eigenvalue weighted by atomic mass is 10.1. The van der Waals surface area contributed by atoms with Gasteiger partial charge in [0.2, 0.25) is 0 Å². The van der Waals surface area contributed by atoms with E-state index in [2.05, 4.69) is 10.6 Å². The number of carbonyl (C=O) groups excluding carboxylic acids is 1. The zero-order chi connectivity index (χ0) is 15.4. The van der Waals surface area contributed by atoms with Gasteiger partial charge in [-0.25, -0.2) is 14.0 Å².